The van der Waals surface area contributed by atoms with E-state index in [1.54, 1.807) is 0 Å². The first-order valence-corrected chi connectivity index (χ1v) is 7.11. The maximum atomic E-state index is 11.5. The van der Waals surface area contributed by atoms with Crippen molar-refractivity contribution in [1.29, 1.82) is 0 Å². The van der Waals surface area contributed by atoms with Crippen LogP contribution in [0, 0.1) is 5.92 Å². The molecule has 1 saturated heterocycles. The first-order chi connectivity index (χ1) is 8.40. The fourth-order valence-electron chi connectivity index (χ4n) is 2.29. The minimum absolute atomic E-state index is 0.307. The molecule has 1 aliphatic rings. The third kappa shape index (κ3) is 6.24. The van der Waals surface area contributed by atoms with Gasteiger partial charge in [0.1, 0.15) is 5.60 Å². The predicted molar refractivity (Wildman–Crippen MR) is 73.7 cm³/mol. The summed E-state index contributed by atoms with van der Waals surface area (Å²) in [6.07, 6.45) is 4.59. The van der Waals surface area contributed by atoms with E-state index in [0.29, 0.717) is 18.5 Å². The van der Waals surface area contributed by atoms with Crippen molar-refractivity contribution in [3.8, 4) is 0 Å². The molecule has 0 unspecified atom stereocenters. The third-order valence-corrected chi connectivity index (χ3v) is 3.19. The van der Waals surface area contributed by atoms with E-state index in [1.165, 1.54) is 25.7 Å². The molecular formula is C14H28N2O2. The zero-order valence-electron chi connectivity index (χ0n) is 12.2. The monoisotopic (exact) mass is 256 g/mol. The van der Waals surface area contributed by atoms with E-state index in [-0.39, 0.29) is 6.09 Å². The zero-order chi connectivity index (χ0) is 13.6. The van der Waals surface area contributed by atoms with E-state index >= 15 is 0 Å². The molecule has 0 radical (unpaired) electrons. The smallest absolute Gasteiger partial charge is 0.407 e. The molecule has 0 bridgehead atoms. The van der Waals surface area contributed by atoms with Crippen molar-refractivity contribution in [3.05, 3.63) is 0 Å². The van der Waals surface area contributed by atoms with Crippen molar-refractivity contribution in [1.82, 2.24) is 10.6 Å². The standard InChI is InChI=1S/C14H28N2O2/c1-5-6-12-8-7-11(9-15-12)10-16-13(17)18-14(2,3)4/h11-12,15H,5-10H2,1-4H3,(H,16,17)/t11-,12-/m0/s1. The molecule has 0 saturated carbocycles. The lowest BCUT2D eigenvalue weighted by molar-refractivity contribution is 0.0515. The van der Waals surface area contributed by atoms with Gasteiger partial charge < -0.3 is 15.4 Å². The van der Waals surface area contributed by atoms with Crippen molar-refractivity contribution < 1.29 is 9.53 Å². The molecule has 1 amide bonds. The molecule has 0 spiro atoms. The minimum Gasteiger partial charge on any atom is -0.444 e. The zero-order valence-corrected chi connectivity index (χ0v) is 12.2. The van der Waals surface area contributed by atoms with E-state index in [0.717, 1.165) is 6.54 Å². The first-order valence-electron chi connectivity index (χ1n) is 7.11. The molecule has 0 aromatic carbocycles. The summed E-state index contributed by atoms with van der Waals surface area (Å²) < 4.78 is 5.22. The quantitative estimate of drug-likeness (QED) is 0.813. The number of ether oxygens (including phenoxy) is 1. The summed E-state index contributed by atoms with van der Waals surface area (Å²) in [5.74, 6) is 0.533. The minimum atomic E-state index is -0.416. The Morgan fingerprint density at radius 3 is 2.61 bits per heavy atom. The number of carbonyl (C=O) groups is 1. The van der Waals surface area contributed by atoms with Crippen LogP contribution in [0.1, 0.15) is 53.4 Å². The van der Waals surface area contributed by atoms with Crippen LogP contribution >= 0.6 is 0 Å². The van der Waals surface area contributed by atoms with E-state index in [9.17, 15) is 4.79 Å². The fourth-order valence-corrected chi connectivity index (χ4v) is 2.29. The van der Waals surface area contributed by atoms with Crippen LogP contribution < -0.4 is 10.6 Å². The van der Waals surface area contributed by atoms with Gasteiger partial charge >= 0.3 is 6.09 Å². The van der Waals surface area contributed by atoms with Crippen molar-refractivity contribution in [3.63, 3.8) is 0 Å². The van der Waals surface area contributed by atoms with Crippen molar-refractivity contribution in [2.45, 2.75) is 65.0 Å². The van der Waals surface area contributed by atoms with E-state index in [2.05, 4.69) is 17.6 Å². The van der Waals surface area contributed by atoms with Crippen molar-refractivity contribution in [2.75, 3.05) is 13.1 Å². The molecule has 0 aromatic heterocycles. The van der Waals surface area contributed by atoms with Gasteiger partial charge in [-0.2, -0.15) is 0 Å². The van der Waals surface area contributed by atoms with Gasteiger partial charge in [0, 0.05) is 12.6 Å². The molecule has 0 aromatic rings. The van der Waals surface area contributed by atoms with Gasteiger partial charge in [0.2, 0.25) is 0 Å². The summed E-state index contributed by atoms with van der Waals surface area (Å²) in [4.78, 5) is 11.5. The highest BCUT2D eigenvalue weighted by Gasteiger charge is 2.21. The van der Waals surface area contributed by atoms with Crippen LogP contribution in [-0.2, 0) is 4.74 Å². The average Bonchev–Trinajstić information content (AvgIpc) is 2.26. The maximum Gasteiger partial charge on any atom is 0.407 e. The molecule has 0 aliphatic carbocycles. The summed E-state index contributed by atoms with van der Waals surface area (Å²) in [7, 11) is 0. The van der Waals surface area contributed by atoms with Crippen LogP contribution in [0.4, 0.5) is 4.79 Å². The number of carbonyl (C=O) groups excluding carboxylic acids is 1. The van der Waals surface area contributed by atoms with Gasteiger partial charge in [0.15, 0.2) is 0 Å². The Morgan fingerprint density at radius 1 is 1.39 bits per heavy atom. The second-order valence-electron chi connectivity index (χ2n) is 6.22. The van der Waals surface area contributed by atoms with Gasteiger partial charge in [-0.15, -0.1) is 0 Å². The van der Waals surface area contributed by atoms with Crippen LogP contribution in [0.2, 0.25) is 0 Å². The highest BCUT2D eigenvalue weighted by atomic mass is 16.6. The number of piperidine rings is 1. The molecule has 1 fully saturated rings. The highest BCUT2D eigenvalue weighted by molar-refractivity contribution is 5.67. The van der Waals surface area contributed by atoms with Gasteiger partial charge in [0.25, 0.3) is 0 Å². The van der Waals surface area contributed by atoms with Crippen LogP contribution in [-0.4, -0.2) is 30.8 Å². The molecule has 18 heavy (non-hydrogen) atoms. The number of alkyl carbamates (subject to hydrolysis) is 1. The SMILES string of the molecule is CCC[C@H]1CC[C@H](CNC(=O)OC(C)(C)C)CN1. The molecule has 106 valence electrons. The molecule has 4 heteroatoms. The van der Waals surface area contributed by atoms with E-state index in [1.807, 2.05) is 20.8 Å². The second kappa shape index (κ2) is 6.98. The molecule has 1 rings (SSSR count). The molecule has 2 N–H and O–H groups in total. The van der Waals surface area contributed by atoms with Gasteiger partial charge in [-0.25, -0.2) is 4.79 Å². The van der Waals surface area contributed by atoms with Crippen LogP contribution in [0.5, 0.6) is 0 Å². The third-order valence-electron chi connectivity index (χ3n) is 3.19. The number of nitrogens with one attached hydrogen (secondary N) is 2. The Balaban J connectivity index is 2.16. The Bertz CT molecular complexity index is 253. The second-order valence-corrected chi connectivity index (χ2v) is 6.22. The van der Waals surface area contributed by atoms with E-state index < -0.39 is 5.60 Å². The van der Waals surface area contributed by atoms with Crippen LogP contribution in [0.15, 0.2) is 0 Å². The molecular weight excluding hydrogens is 228 g/mol. The Labute approximate surface area is 111 Å². The van der Waals surface area contributed by atoms with Gasteiger partial charge in [-0.1, -0.05) is 13.3 Å². The van der Waals surface area contributed by atoms with Crippen molar-refractivity contribution in [2.24, 2.45) is 5.92 Å². The lowest BCUT2D eigenvalue weighted by atomic mass is 9.93. The topological polar surface area (TPSA) is 50.4 Å². The normalized spacial score (nSPS) is 24.7. The Morgan fingerprint density at radius 2 is 2.11 bits per heavy atom. The number of amides is 1. The molecule has 2 atom stereocenters. The number of hydrogen-bond donors (Lipinski definition) is 2. The predicted octanol–water partition coefficient (Wildman–Crippen LogP) is 2.68. The summed E-state index contributed by atoms with van der Waals surface area (Å²) in [5.41, 5.74) is -0.416. The lowest BCUT2D eigenvalue weighted by Gasteiger charge is -2.30. The fraction of sp³-hybridized carbons (Fsp3) is 0.929. The van der Waals surface area contributed by atoms with Crippen LogP contribution in [0.25, 0.3) is 0 Å². The summed E-state index contributed by atoms with van der Waals surface area (Å²) >= 11 is 0. The molecule has 1 heterocycles. The largest absolute Gasteiger partial charge is 0.444 e. The Kier molecular flexibility index (Phi) is 5.93. The highest BCUT2D eigenvalue weighted by Crippen LogP contribution is 2.16. The van der Waals surface area contributed by atoms with Crippen LogP contribution in [0.3, 0.4) is 0 Å². The lowest BCUT2D eigenvalue weighted by Crippen LogP contribution is -2.44. The summed E-state index contributed by atoms with van der Waals surface area (Å²) in [5, 5.41) is 6.40. The van der Waals surface area contributed by atoms with E-state index in [4.69, 9.17) is 4.74 Å². The molecule has 4 nitrogen and oxygen atoms in total. The number of hydrogen-bond acceptors (Lipinski definition) is 3. The van der Waals surface area contributed by atoms with Gasteiger partial charge in [-0.3, -0.25) is 0 Å². The summed E-state index contributed by atoms with van der Waals surface area (Å²) in [6.45, 7) is 9.57. The van der Waals surface area contributed by atoms with Crippen molar-refractivity contribution >= 4 is 6.09 Å². The Hall–Kier alpha value is -0.770. The maximum absolute atomic E-state index is 11.5. The van der Waals surface area contributed by atoms with Gasteiger partial charge in [-0.05, 0) is 52.5 Å². The molecule has 1 aliphatic heterocycles. The number of rotatable bonds is 4. The average molecular weight is 256 g/mol. The van der Waals surface area contributed by atoms with Gasteiger partial charge in [0.05, 0.1) is 0 Å². The first kappa shape index (κ1) is 15.3. The summed E-state index contributed by atoms with van der Waals surface area (Å²) in [6, 6.07) is 0.674.